The van der Waals surface area contributed by atoms with Crippen LogP contribution in [0.1, 0.15) is 24.1 Å². The van der Waals surface area contributed by atoms with Gasteiger partial charge in [-0.05, 0) is 19.8 Å². The molecule has 1 saturated carbocycles. The highest BCUT2D eigenvalue weighted by Crippen LogP contribution is 2.28. The van der Waals surface area contributed by atoms with Gasteiger partial charge < -0.3 is 4.90 Å². The minimum Gasteiger partial charge on any atom is -0.338 e. The van der Waals surface area contributed by atoms with Gasteiger partial charge in [0.1, 0.15) is 0 Å². The molecule has 2 heterocycles. The van der Waals surface area contributed by atoms with Crippen molar-refractivity contribution in [1.82, 2.24) is 14.9 Å². The van der Waals surface area contributed by atoms with E-state index < -0.39 is 0 Å². The van der Waals surface area contributed by atoms with Gasteiger partial charge in [-0.25, -0.2) is 9.97 Å². The van der Waals surface area contributed by atoms with Crippen LogP contribution < -0.4 is 4.90 Å². The lowest BCUT2D eigenvalue weighted by Gasteiger charge is -2.34. The van der Waals surface area contributed by atoms with E-state index in [9.17, 15) is 0 Å². The van der Waals surface area contributed by atoms with Crippen LogP contribution in [0.3, 0.4) is 0 Å². The number of piperazine rings is 1. The first-order valence-electron chi connectivity index (χ1n) is 6.65. The number of alkyl halides is 1. The summed E-state index contributed by atoms with van der Waals surface area (Å²) in [7, 11) is 0. The Morgan fingerprint density at radius 3 is 2.56 bits per heavy atom. The smallest absolute Gasteiger partial charge is 0.225 e. The van der Waals surface area contributed by atoms with Gasteiger partial charge in [0, 0.05) is 49.7 Å². The summed E-state index contributed by atoms with van der Waals surface area (Å²) in [6.45, 7) is 6.37. The van der Waals surface area contributed by atoms with Crippen molar-refractivity contribution in [1.29, 1.82) is 0 Å². The van der Waals surface area contributed by atoms with Gasteiger partial charge in [0.25, 0.3) is 0 Å². The van der Waals surface area contributed by atoms with Crippen molar-refractivity contribution in [2.45, 2.75) is 31.7 Å². The maximum atomic E-state index is 5.83. The predicted octanol–water partition coefficient (Wildman–Crippen LogP) is 1.81. The first-order chi connectivity index (χ1) is 8.78. The molecule has 4 nitrogen and oxygen atoms in total. The SMILES string of the molecule is Cc1nc(N2CCN(C3CC3)CC2)ncc1CCl. The minimum absolute atomic E-state index is 0.488. The predicted molar refractivity (Wildman–Crippen MR) is 73.1 cm³/mol. The van der Waals surface area contributed by atoms with Crippen LogP contribution in [0, 0.1) is 6.92 Å². The van der Waals surface area contributed by atoms with Crippen LogP contribution in [-0.4, -0.2) is 47.1 Å². The molecule has 0 spiro atoms. The summed E-state index contributed by atoms with van der Waals surface area (Å²) in [5.41, 5.74) is 2.02. The van der Waals surface area contributed by atoms with E-state index in [2.05, 4.69) is 19.8 Å². The first kappa shape index (κ1) is 12.2. The van der Waals surface area contributed by atoms with Crippen LogP contribution in [0.5, 0.6) is 0 Å². The number of hydrogen-bond acceptors (Lipinski definition) is 4. The molecule has 0 amide bonds. The molecule has 5 heteroatoms. The Morgan fingerprint density at radius 2 is 2.00 bits per heavy atom. The van der Waals surface area contributed by atoms with Crippen LogP contribution in [0.25, 0.3) is 0 Å². The van der Waals surface area contributed by atoms with Gasteiger partial charge in [-0.1, -0.05) is 0 Å². The number of halogens is 1. The van der Waals surface area contributed by atoms with Crippen LogP contribution in [0.4, 0.5) is 5.95 Å². The number of nitrogens with zero attached hydrogens (tertiary/aromatic N) is 4. The zero-order valence-corrected chi connectivity index (χ0v) is 11.5. The van der Waals surface area contributed by atoms with Crippen molar-refractivity contribution in [2.24, 2.45) is 0 Å². The molecule has 1 aromatic heterocycles. The molecule has 0 bridgehead atoms. The second-order valence-electron chi connectivity index (χ2n) is 5.17. The maximum absolute atomic E-state index is 5.83. The number of hydrogen-bond donors (Lipinski definition) is 0. The van der Waals surface area contributed by atoms with E-state index in [1.807, 2.05) is 13.1 Å². The second-order valence-corrected chi connectivity index (χ2v) is 5.44. The zero-order valence-electron chi connectivity index (χ0n) is 10.8. The van der Waals surface area contributed by atoms with Gasteiger partial charge in [0.05, 0.1) is 5.88 Å². The van der Waals surface area contributed by atoms with Gasteiger partial charge >= 0.3 is 0 Å². The lowest BCUT2D eigenvalue weighted by molar-refractivity contribution is 0.247. The molecule has 98 valence electrons. The first-order valence-corrected chi connectivity index (χ1v) is 7.19. The third kappa shape index (κ3) is 2.45. The molecule has 0 atom stereocenters. The molecule has 1 aliphatic carbocycles. The molecule has 1 aliphatic heterocycles. The summed E-state index contributed by atoms with van der Waals surface area (Å²) < 4.78 is 0. The highest BCUT2D eigenvalue weighted by atomic mass is 35.5. The highest BCUT2D eigenvalue weighted by Gasteiger charge is 2.31. The Hall–Kier alpha value is -0.870. The normalized spacial score (nSPS) is 21.3. The van der Waals surface area contributed by atoms with E-state index in [0.29, 0.717) is 5.88 Å². The fourth-order valence-corrected chi connectivity index (χ4v) is 2.75. The monoisotopic (exact) mass is 266 g/mol. The molecule has 0 unspecified atom stereocenters. The van der Waals surface area contributed by atoms with Crippen LogP contribution in [0.15, 0.2) is 6.20 Å². The Bertz CT molecular complexity index is 425. The van der Waals surface area contributed by atoms with Gasteiger partial charge in [0.2, 0.25) is 5.95 Å². The summed E-state index contributed by atoms with van der Waals surface area (Å²) in [4.78, 5) is 13.9. The summed E-state index contributed by atoms with van der Waals surface area (Å²) in [6.07, 6.45) is 4.64. The molecule has 1 saturated heterocycles. The lowest BCUT2D eigenvalue weighted by Crippen LogP contribution is -2.47. The standard InChI is InChI=1S/C13H19ClN4/c1-10-11(8-14)9-15-13(16-10)18-6-4-17(5-7-18)12-2-3-12/h9,12H,2-8H2,1H3. The highest BCUT2D eigenvalue weighted by molar-refractivity contribution is 6.17. The van der Waals surface area contributed by atoms with Crippen molar-refractivity contribution in [3.05, 3.63) is 17.5 Å². The van der Waals surface area contributed by atoms with E-state index in [-0.39, 0.29) is 0 Å². The molecule has 1 aromatic rings. The molecular formula is C13H19ClN4. The number of rotatable bonds is 3. The van der Waals surface area contributed by atoms with Crippen molar-refractivity contribution >= 4 is 17.5 Å². The average molecular weight is 267 g/mol. The van der Waals surface area contributed by atoms with Crippen molar-refractivity contribution in [3.8, 4) is 0 Å². The Kier molecular flexibility index (Phi) is 3.39. The molecule has 3 rings (SSSR count). The van der Waals surface area contributed by atoms with E-state index in [1.165, 1.54) is 12.8 Å². The molecule has 0 radical (unpaired) electrons. The third-order valence-electron chi connectivity index (χ3n) is 3.87. The van der Waals surface area contributed by atoms with Crippen molar-refractivity contribution in [2.75, 3.05) is 31.1 Å². The number of aryl methyl sites for hydroxylation is 1. The Morgan fingerprint density at radius 1 is 1.28 bits per heavy atom. The van der Waals surface area contributed by atoms with E-state index in [0.717, 1.165) is 49.4 Å². The quantitative estimate of drug-likeness (QED) is 0.781. The molecule has 18 heavy (non-hydrogen) atoms. The van der Waals surface area contributed by atoms with E-state index in [4.69, 9.17) is 11.6 Å². The number of aromatic nitrogens is 2. The second kappa shape index (κ2) is 5.02. The average Bonchev–Trinajstić information content (AvgIpc) is 3.23. The molecule has 2 fully saturated rings. The van der Waals surface area contributed by atoms with Gasteiger partial charge in [0.15, 0.2) is 0 Å². The van der Waals surface area contributed by atoms with E-state index >= 15 is 0 Å². The largest absolute Gasteiger partial charge is 0.338 e. The van der Waals surface area contributed by atoms with Crippen LogP contribution >= 0.6 is 11.6 Å². The van der Waals surface area contributed by atoms with Crippen molar-refractivity contribution in [3.63, 3.8) is 0 Å². The van der Waals surface area contributed by atoms with Crippen molar-refractivity contribution < 1.29 is 0 Å². The third-order valence-corrected chi connectivity index (χ3v) is 4.16. The fraction of sp³-hybridized carbons (Fsp3) is 0.692. The van der Waals surface area contributed by atoms with Gasteiger partial charge in [-0.3, -0.25) is 4.90 Å². The maximum Gasteiger partial charge on any atom is 0.225 e. The summed E-state index contributed by atoms with van der Waals surface area (Å²) in [5, 5.41) is 0. The Labute approximate surface area is 113 Å². The molecule has 2 aliphatic rings. The summed E-state index contributed by atoms with van der Waals surface area (Å²) >= 11 is 5.83. The topological polar surface area (TPSA) is 32.3 Å². The van der Waals surface area contributed by atoms with Gasteiger partial charge in [-0.15, -0.1) is 11.6 Å². The number of anilines is 1. The molecular weight excluding hydrogens is 248 g/mol. The molecule has 0 aromatic carbocycles. The van der Waals surface area contributed by atoms with E-state index in [1.54, 1.807) is 0 Å². The van der Waals surface area contributed by atoms with Crippen LogP contribution in [-0.2, 0) is 5.88 Å². The Balaban J connectivity index is 1.66. The van der Waals surface area contributed by atoms with Crippen LogP contribution in [0.2, 0.25) is 0 Å². The zero-order chi connectivity index (χ0) is 12.5. The summed E-state index contributed by atoms with van der Waals surface area (Å²) in [5.74, 6) is 1.35. The lowest BCUT2D eigenvalue weighted by atomic mass is 10.3. The fourth-order valence-electron chi connectivity index (χ4n) is 2.49. The summed E-state index contributed by atoms with van der Waals surface area (Å²) in [6, 6.07) is 0.869. The minimum atomic E-state index is 0.488. The van der Waals surface area contributed by atoms with Gasteiger partial charge in [-0.2, -0.15) is 0 Å². The molecule has 0 N–H and O–H groups in total.